The van der Waals surface area contributed by atoms with E-state index >= 15 is 0 Å². The van der Waals surface area contributed by atoms with Crippen LogP contribution in [0.3, 0.4) is 0 Å². The third kappa shape index (κ3) is 4.74. The minimum absolute atomic E-state index is 0.0723. The zero-order valence-electron chi connectivity index (χ0n) is 16.1. The first kappa shape index (κ1) is 20.8. The van der Waals surface area contributed by atoms with E-state index in [1.165, 1.54) is 0 Å². The fourth-order valence-electron chi connectivity index (χ4n) is 4.31. The van der Waals surface area contributed by atoms with Crippen LogP contribution in [0.1, 0.15) is 49.4 Å². The molecule has 0 saturated carbocycles. The van der Waals surface area contributed by atoms with Crippen LogP contribution in [0, 0.1) is 35.2 Å². The molecule has 2 aliphatic heterocycles. The van der Waals surface area contributed by atoms with E-state index in [-0.39, 0.29) is 5.91 Å². The van der Waals surface area contributed by atoms with E-state index in [0.29, 0.717) is 56.3 Å². The molecule has 28 heavy (non-hydrogen) atoms. The van der Waals surface area contributed by atoms with Gasteiger partial charge in [0, 0.05) is 37.6 Å². The second-order valence-electron chi connectivity index (χ2n) is 8.05. The highest BCUT2D eigenvalue weighted by atomic mass is 19.1. The van der Waals surface area contributed by atoms with Gasteiger partial charge in [0.1, 0.15) is 17.5 Å². The summed E-state index contributed by atoms with van der Waals surface area (Å²) in [6, 6.07) is 1.05. The number of nitrogens with zero attached hydrogens (tertiary/aromatic N) is 1. The lowest BCUT2D eigenvalue weighted by atomic mass is 9.84. The number of piperidine rings is 2. The van der Waals surface area contributed by atoms with E-state index < -0.39 is 34.7 Å². The van der Waals surface area contributed by atoms with Crippen LogP contribution in [-0.4, -0.2) is 42.8 Å². The number of amides is 1. The second kappa shape index (κ2) is 9.07. The summed E-state index contributed by atoms with van der Waals surface area (Å²) in [7, 11) is 0. The van der Waals surface area contributed by atoms with Gasteiger partial charge in [-0.15, -0.1) is 0 Å². The maximum Gasteiger partial charge on any atom is 0.222 e. The standard InChI is InChI=1S/C21H27F3N2O2/c1-13(15-3-2-6-25-12-15)9-19(27)26-7-4-14(5-8-26)21(28)20-17(23)10-16(22)11-18(20)24/h10-11,13-15,25H,2-9,12H2,1H3. The number of rotatable bonds is 5. The van der Waals surface area contributed by atoms with Gasteiger partial charge in [-0.1, -0.05) is 6.92 Å². The van der Waals surface area contributed by atoms with Crippen LogP contribution in [-0.2, 0) is 4.79 Å². The summed E-state index contributed by atoms with van der Waals surface area (Å²) >= 11 is 0. The number of ketones is 1. The number of carbonyl (C=O) groups excluding carboxylic acids is 2. The van der Waals surface area contributed by atoms with Crippen LogP contribution in [0.5, 0.6) is 0 Å². The quantitative estimate of drug-likeness (QED) is 0.775. The fraction of sp³-hybridized carbons (Fsp3) is 0.619. The lowest BCUT2D eigenvalue weighted by molar-refractivity contribution is -0.133. The Morgan fingerprint density at radius 1 is 1.14 bits per heavy atom. The molecule has 0 aromatic heterocycles. The van der Waals surface area contributed by atoms with Crippen LogP contribution in [0.2, 0.25) is 0 Å². The van der Waals surface area contributed by atoms with Crippen molar-refractivity contribution in [1.29, 1.82) is 0 Å². The van der Waals surface area contributed by atoms with E-state index in [0.717, 1.165) is 25.9 Å². The van der Waals surface area contributed by atoms with Crippen molar-refractivity contribution in [3.05, 3.63) is 35.1 Å². The summed E-state index contributed by atoms with van der Waals surface area (Å²) in [5.74, 6) is -3.73. The minimum atomic E-state index is -1.17. The first-order valence-corrected chi connectivity index (χ1v) is 10.0. The molecule has 0 aliphatic carbocycles. The Balaban J connectivity index is 1.54. The van der Waals surface area contributed by atoms with Gasteiger partial charge >= 0.3 is 0 Å². The lowest BCUT2D eigenvalue weighted by Gasteiger charge is -2.34. The molecule has 2 atom stereocenters. The van der Waals surface area contributed by atoms with Crippen LogP contribution in [0.25, 0.3) is 0 Å². The zero-order chi connectivity index (χ0) is 20.3. The van der Waals surface area contributed by atoms with Gasteiger partial charge in [0.05, 0.1) is 5.56 Å². The smallest absolute Gasteiger partial charge is 0.222 e. The molecule has 0 radical (unpaired) electrons. The Labute approximate surface area is 163 Å². The van der Waals surface area contributed by atoms with E-state index in [2.05, 4.69) is 12.2 Å². The topological polar surface area (TPSA) is 49.4 Å². The van der Waals surface area contributed by atoms with Crippen molar-refractivity contribution in [2.45, 2.75) is 39.0 Å². The molecule has 3 rings (SSSR count). The molecule has 1 amide bonds. The maximum absolute atomic E-state index is 13.9. The normalized spacial score (nSPS) is 22.1. The summed E-state index contributed by atoms with van der Waals surface area (Å²) < 4.78 is 40.8. The van der Waals surface area contributed by atoms with Gasteiger partial charge in [-0.2, -0.15) is 0 Å². The molecule has 4 nitrogen and oxygen atoms in total. The molecule has 2 heterocycles. The highest BCUT2D eigenvalue weighted by Gasteiger charge is 2.32. The number of halogens is 3. The van der Waals surface area contributed by atoms with Gasteiger partial charge < -0.3 is 10.2 Å². The predicted molar refractivity (Wildman–Crippen MR) is 99.3 cm³/mol. The third-order valence-electron chi connectivity index (χ3n) is 6.11. The second-order valence-corrected chi connectivity index (χ2v) is 8.05. The van der Waals surface area contributed by atoms with Gasteiger partial charge in [-0.05, 0) is 50.6 Å². The number of likely N-dealkylation sites (tertiary alicyclic amines) is 1. The number of carbonyl (C=O) groups is 2. The minimum Gasteiger partial charge on any atom is -0.343 e. The zero-order valence-corrected chi connectivity index (χ0v) is 16.1. The average molecular weight is 396 g/mol. The molecule has 2 aliphatic rings. The van der Waals surface area contributed by atoms with Crippen LogP contribution in [0.4, 0.5) is 13.2 Å². The molecule has 7 heteroatoms. The summed E-state index contributed by atoms with van der Waals surface area (Å²) in [5, 5.41) is 3.37. The molecule has 2 fully saturated rings. The Morgan fingerprint density at radius 2 is 1.79 bits per heavy atom. The highest BCUT2D eigenvalue weighted by molar-refractivity contribution is 5.98. The summed E-state index contributed by atoms with van der Waals surface area (Å²) in [6.07, 6.45) is 3.46. The van der Waals surface area contributed by atoms with Crippen LogP contribution in [0.15, 0.2) is 12.1 Å². The van der Waals surface area contributed by atoms with E-state index in [1.807, 2.05) is 0 Å². The summed E-state index contributed by atoms with van der Waals surface area (Å²) in [4.78, 5) is 26.8. The number of hydrogen-bond donors (Lipinski definition) is 1. The molecule has 1 aromatic rings. The molecule has 0 bridgehead atoms. The van der Waals surface area contributed by atoms with Gasteiger partial charge in [0.15, 0.2) is 5.78 Å². The first-order valence-electron chi connectivity index (χ1n) is 10.0. The molecule has 2 unspecified atom stereocenters. The molecule has 2 saturated heterocycles. The van der Waals surface area contributed by atoms with Crippen molar-refractivity contribution < 1.29 is 22.8 Å². The van der Waals surface area contributed by atoms with Crippen molar-refractivity contribution >= 4 is 11.7 Å². The maximum atomic E-state index is 13.9. The van der Waals surface area contributed by atoms with E-state index in [1.54, 1.807) is 4.90 Å². The number of Topliss-reactive ketones (excluding diaryl/α,β-unsaturated/α-hetero) is 1. The lowest BCUT2D eigenvalue weighted by Crippen LogP contribution is -2.42. The first-order chi connectivity index (χ1) is 13.4. The Kier molecular flexibility index (Phi) is 6.75. The van der Waals surface area contributed by atoms with Crippen LogP contribution >= 0.6 is 0 Å². The van der Waals surface area contributed by atoms with Crippen molar-refractivity contribution in [3.8, 4) is 0 Å². The summed E-state index contributed by atoms with van der Waals surface area (Å²) in [5.41, 5.74) is -0.676. The number of benzene rings is 1. The van der Waals surface area contributed by atoms with Crippen molar-refractivity contribution in [2.24, 2.45) is 17.8 Å². The third-order valence-corrected chi connectivity index (χ3v) is 6.11. The van der Waals surface area contributed by atoms with Crippen LogP contribution < -0.4 is 5.32 Å². The Bertz CT molecular complexity index is 703. The molecule has 1 aromatic carbocycles. The molecular formula is C21H27F3N2O2. The fourth-order valence-corrected chi connectivity index (χ4v) is 4.31. The molecule has 1 N–H and O–H groups in total. The Morgan fingerprint density at radius 3 is 2.36 bits per heavy atom. The van der Waals surface area contributed by atoms with Gasteiger partial charge in [0.25, 0.3) is 0 Å². The summed E-state index contributed by atoms with van der Waals surface area (Å²) in [6.45, 7) is 4.88. The van der Waals surface area contributed by atoms with E-state index in [4.69, 9.17) is 0 Å². The largest absolute Gasteiger partial charge is 0.343 e. The average Bonchev–Trinajstić information content (AvgIpc) is 2.67. The predicted octanol–water partition coefficient (Wildman–Crippen LogP) is 3.55. The molecule has 0 spiro atoms. The molecule has 154 valence electrons. The Hall–Kier alpha value is -1.89. The monoisotopic (exact) mass is 396 g/mol. The number of nitrogens with one attached hydrogen (secondary N) is 1. The van der Waals surface area contributed by atoms with Crippen molar-refractivity contribution in [1.82, 2.24) is 10.2 Å². The van der Waals surface area contributed by atoms with Crippen molar-refractivity contribution in [2.75, 3.05) is 26.2 Å². The van der Waals surface area contributed by atoms with Crippen molar-refractivity contribution in [3.63, 3.8) is 0 Å². The van der Waals surface area contributed by atoms with Gasteiger partial charge in [-0.25, -0.2) is 13.2 Å². The van der Waals surface area contributed by atoms with Gasteiger partial charge in [0.2, 0.25) is 5.91 Å². The molecular weight excluding hydrogens is 369 g/mol. The van der Waals surface area contributed by atoms with E-state index in [9.17, 15) is 22.8 Å². The highest BCUT2D eigenvalue weighted by Crippen LogP contribution is 2.27. The SMILES string of the molecule is CC(CC(=O)N1CCC(C(=O)c2c(F)cc(F)cc2F)CC1)C1CCCNC1. The number of hydrogen-bond acceptors (Lipinski definition) is 3. The van der Waals surface area contributed by atoms with Gasteiger partial charge in [-0.3, -0.25) is 9.59 Å².